The number of thiophene rings is 1. The van der Waals surface area contributed by atoms with Crippen molar-refractivity contribution in [2.75, 3.05) is 0 Å². The number of amidine groups is 1. The number of nitrogens with two attached hydrogens (primary N) is 1. The molecule has 0 saturated carbocycles. The summed E-state index contributed by atoms with van der Waals surface area (Å²) in [5.41, 5.74) is 6.01. The normalized spacial score (nSPS) is 12.1. The number of hydrogen-bond acceptors (Lipinski definition) is 3. The van der Waals surface area contributed by atoms with E-state index in [4.69, 9.17) is 11.1 Å². The maximum Gasteiger partial charge on any atom is 0.207 e. The quantitative estimate of drug-likeness (QED) is 0.380. The Labute approximate surface area is 80.3 Å². The zero-order valence-electron chi connectivity index (χ0n) is 7.20. The van der Waals surface area contributed by atoms with Gasteiger partial charge in [0.05, 0.1) is 6.04 Å². The van der Waals surface area contributed by atoms with Gasteiger partial charge in [0, 0.05) is 15.8 Å². The largest absolute Gasteiger partial charge is 0.384 e. The van der Waals surface area contributed by atoms with E-state index in [-0.39, 0.29) is 11.9 Å². The summed E-state index contributed by atoms with van der Waals surface area (Å²) in [7, 11) is 0. The van der Waals surface area contributed by atoms with Gasteiger partial charge < -0.3 is 11.1 Å². The van der Waals surface area contributed by atoms with E-state index in [1.807, 2.05) is 13.0 Å². The van der Waals surface area contributed by atoms with E-state index in [2.05, 4.69) is 5.32 Å². The van der Waals surface area contributed by atoms with Crippen molar-refractivity contribution in [3.05, 3.63) is 21.9 Å². The second-order valence-corrected chi connectivity index (χ2v) is 3.60. The molecule has 1 atom stereocenters. The molecule has 5 heteroatoms. The molecule has 1 amide bonds. The van der Waals surface area contributed by atoms with E-state index >= 15 is 0 Å². The van der Waals surface area contributed by atoms with E-state index < -0.39 is 0 Å². The van der Waals surface area contributed by atoms with Crippen molar-refractivity contribution in [2.45, 2.75) is 13.0 Å². The lowest BCUT2D eigenvalue weighted by molar-refractivity contribution is -0.110. The minimum atomic E-state index is -0.0180. The Bertz CT molecular complexity index is 321. The van der Waals surface area contributed by atoms with Crippen LogP contribution in [-0.4, -0.2) is 12.2 Å². The minimum Gasteiger partial charge on any atom is -0.384 e. The molecular weight excluding hydrogens is 186 g/mol. The second-order valence-electron chi connectivity index (χ2n) is 2.66. The highest BCUT2D eigenvalue weighted by Gasteiger charge is 2.08. The predicted octanol–water partition coefficient (Wildman–Crippen LogP) is 0.839. The van der Waals surface area contributed by atoms with Gasteiger partial charge in [-0.25, -0.2) is 0 Å². The second kappa shape index (κ2) is 4.04. The van der Waals surface area contributed by atoms with Crippen LogP contribution in [0.5, 0.6) is 0 Å². The van der Waals surface area contributed by atoms with Gasteiger partial charge in [-0.3, -0.25) is 10.2 Å². The number of carbonyl (C=O) groups excluding carboxylic acids is 1. The topological polar surface area (TPSA) is 79.0 Å². The Morgan fingerprint density at radius 3 is 3.00 bits per heavy atom. The van der Waals surface area contributed by atoms with Crippen LogP contribution in [0.15, 0.2) is 11.4 Å². The fourth-order valence-corrected chi connectivity index (χ4v) is 1.83. The molecule has 0 aliphatic rings. The molecule has 1 heterocycles. The molecule has 0 aromatic carbocycles. The maximum atomic E-state index is 10.2. The first-order valence-corrected chi connectivity index (χ1v) is 4.65. The molecule has 1 aromatic rings. The molecule has 4 N–H and O–H groups in total. The van der Waals surface area contributed by atoms with Gasteiger partial charge in [0.1, 0.15) is 5.84 Å². The summed E-state index contributed by atoms with van der Waals surface area (Å²) in [6.07, 6.45) is 0.665. The van der Waals surface area contributed by atoms with Crippen molar-refractivity contribution in [1.82, 2.24) is 5.32 Å². The molecular formula is C8H11N3OS. The van der Waals surface area contributed by atoms with Gasteiger partial charge in [-0.2, -0.15) is 0 Å². The first kappa shape index (κ1) is 9.73. The number of amides is 1. The van der Waals surface area contributed by atoms with Gasteiger partial charge in [0.2, 0.25) is 6.41 Å². The van der Waals surface area contributed by atoms with Gasteiger partial charge >= 0.3 is 0 Å². The number of carbonyl (C=O) groups is 1. The molecule has 13 heavy (non-hydrogen) atoms. The maximum absolute atomic E-state index is 10.2. The molecule has 0 fully saturated rings. The molecule has 4 nitrogen and oxygen atoms in total. The molecule has 0 radical (unpaired) electrons. The lowest BCUT2D eigenvalue weighted by Gasteiger charge is -2.05. The Balaban J connectivity index is 2.78. The van der Waals surface area contributed by atoms with E-state index in [1.54, 1.807) is 5.38 Å². The van der Waals surface area contributed by atoms with Gasteiger partial charge in [-0.1, -0.05) is 0 Å². The zero-order chi connectivity index (χ0) is 9.84. The fraction of sp³-hybridized carbons (Fsp3) is 0.250. The third-order valence-corrected chi connectivity index (χ3v) is 2.79. The summed E-state index contributed by atoms with van der Waals surface area (Å²) < 4.78 is 0. The van der Waals surface area contributed by atoms with E-state index in [0.717, 1.165) is 4.88 Å². The number of rotatable bonds is 4. The number of nitrogens with one attached hydrogen (secondary N) is 2. The van der Waals surface area contributed by atoms with Gasteiger partial charge in [-0.05, 0) is 13.0 Å². The van der Waals surface area contributed by atoms with E-state index in [1.165, 1.54) is 11.3 Å². The number of nitrogen functional groups attached to an aromatic ring is 1. The first-order chi connectivity index (χ1) is 6.15. The molecule has 0 unspecified atom stereocenters. The summed E-state index contributed by atoms with van der Waals surface area (Å²) >= 11 is 1.48. The lowest BCUT2D eigenvalue weighted by Crippen LogP contribution is -2.15. The molecule has 0 aliphatic carbocycles. The van der Waals surface area contributed by atoms with Crippen LogP contribution >= 0.6 is 11.3 Å². The van der Waals surface area contributed by atoms with Crippen LogP contribution in [0.1, 0.15) is 23.4 Å². The van der Waals surface area contributed by atoms with Crippen LogP contribution in [0.2, 0.25) is 0 Å². The SMILES string of the molecule is C[C@@H](NC=O)c1cc(C(=N)N)cs1. The van der Waals surface area contributed by atoms with Gasteiger partial charge in [0.15, 0.2) is 0 Å². The lowest BCUT2D eigenvalue weighted by atomic mass is 10.2. The molecule has 1 aromatic heterocycles. The third-order valence-electron chi connectivity index (χ3n) is 1.68. The highest BCUT2D eigenvalue weighted by molar-refractivity contribution is 7.10. The molecule has 0 spiro atoms. The summed E-state index contributed by atoms with van der Waals surface area (Å²) in [6, 6.07) is 1.80. The Morgan fingerprint density at radius 1 is 1.85 bits per heavy atom. The van der Waals surface area contributed by atoms with E-state index in [0.29, 0.717) is 12.0 Å². The van der Waals surface area contributed by atoms with Crippen molar-refractivity contribution in [3.8, 4) is 0 Å². The molecule has 0 aliphatic heterocycles. The standard InChI is InChI=1S/C8H11N3OS/c1-5(11-4-12)7-2-6(3-13-7)8(9)10/h2-5H,1H3,(H3,9,10)(H,11,12)/t5-/m1/s1. The van der Waals surface area contributed by atoms with Gasteiger partial charge in [-0.15, -0.1) is 11.3 Å². The smallest absolute Gasteiger partial charge is 0.207 e. The Kier molecular flexibility index (Phi) is 3.02. The fourth-order valence-electron chi connectivity index (χ4n) is 0.905. The Hall–Kier alpha value is -1.36. The zero-order valence-corrected chi connectivity index (χ0v) is 8.02. The summed E-state index contributed by atoms with van der Waals surface area (Å²) in [4.78, 5) is 11.2. The molecule has 0 bridgehead atoms. The minimum absolute atomic E-state index is 0.0180. The summed E-state index contributed by atoms with van der Waals surface area (Å²) in [5, 5.41) is 11.6. The van der Waals surface area contributed by atoms with Crippen LogP contribution in [0.4, 0.5) is 0 Å². The predicted molar refractivity (Wildman–Crippen MR) is 52.9 cm³/mol. The van der Waals surface area contributed by atoms with Crippen molar-refractivity contribution >= 4 is 23.6 Å². The highest BCUT2D eigenvalue weighted by atomic mass is 32.1. The van der Waals surface area contributed by atoms with Crippen molar-refractivity contribution in [1.29, 1.82) is 5.41 Å². The molecule has 0 saturated heterocycles. The average molecular weight is 197 g/mol. The van der Waals surface area contributed by atoms with Crippen molar-refractivity contribution in [2.24, 2.45) is 5.73 Å². The summed E-state index contributed by atoms with van der Waals surface area (Å²) in [6.45, 7) is 1.88. The van der Waals surface area contributed by atoms with Crippen LogP contribution in [0, 0.1) is 5.41 Å². The highest BCUT2D eigenvalue weighted by Crippen LogP contribution is 2.21. The van der Waals surface area contributed by atoms with Crippen molar-refractivity contribution < 1.29 is 4.79 Å². The van der Waals surface area contributed by atoms with Crippen LogP contribution in [-0.2, 0) is 4.79 Å². The van der Waals surface area contributed by atoms with Crippen molar-refractivity contribution in [3.63, 3.8) is 0 Å². The first-order valence-electron chi connectivity index (χ1n) is 3.77. The Morgan fingerprint density at radius 2 is 2.54 bits per heavy atom. The monoisotopic (exact) mass is 197 g/mol. The van der Waals surface area contributed by atoms with Crippen LogP contribution in [0.3, 0.4) is 0 Å². The third kappa shape index (κ3) is 2.29. The van der Waals surface area contributed by atoms with Gasteiger partial charge in [0.25, 0.3) is 0 Å². The molecule has 70 valence electrons. The number of hydrogen-bond donors (Lipinski definition) is 3. The average Bonchev–Trinajstić information content (AvgIpc) is 2.52. The van der Waals surface area contributed by atoms with Crippen LogP contribution < -0.4 is 11.1 Å². The molecule has 1 rings (SSSR count). The summed E-state index contributed by atoms with van der Waals surface area (Å²) in [5.74, 6) is 0.0563. The van der Waals surface area contributed by atoms with E-state index in [9.17, 15) is 4.79 Å². The van der Waals surface area contributed by atoms with Crippen LogP contribution in [0.25, 0.3) is 0 Å².